The van der Waals surface area contributed by atoms with E-state index >= 15 is 0 Å². The summed E-state index contributed by atoms with van der Waals surface area (Å²) in [5.41, 5.74) is -0.796. The lowest BCUT2D eigenvalue weighted by Gasteiger charge is -2.40. The van der Waals surface area contributed by atoms with Crippen molar-refractivity contribution in [1.82, 2.24) is 0 Å². The Morgan fingerprint density at radius 3 is 1.70 bits per heavy atom. The van der Waals surface area contributed by atoms with Crippen molar-refractivity contribution in [2.45, 2.75) is 62.0 Å². The van der Waals surface area contributed by atoms with Crippen molar-refractivity contribution in [1.29, 1.82) is 0 Å². The van der Waals surface area contributed by atoms with E-state index in [4.69, 9.17) is 0 Å². The molecule has 0 saturated heterocycles. The van der Waals surface area contributed by atoms with Gasteiger partial charge in [0.05, 0.1) is 0 Å². The first kappa shape index (κ1) is 26.3. The van der Waals surface area contributed by atoms with Crippen molar-refractivity contribution in [3.8, 4) is 0 Å². The van der Waals surface area contributed by atoms with Crippen LogP contribution in [-0.2, 0) is 4.79 Å². The van der Waals surface area contributed by atoms with E-state index in [0.717, 1.165) is 0 Å². The molecule has 0 aliphatic heterocycles. The highest BCUT2D eigenvalue weighted by molar-refractivity contribution is 5.95. The van der Waals surface area contributed by atoms with Crippen LogP contribution in [0.3, 0.4) is 0 Å². The Morgan fingerprint density at radius 1 is 0.867 bits per heavy atom. The van der Waals surface area contributed by atoms with Crippen molar-refractivity contribution >= 4 is 5.78 Å². The van der Waals surface area contributed by atoms with Gasteiger partial charge in [0.1, 0.15) is 0 Å². The molecule has 1 unspecified atom stereocenters. The molecular weight excluding hydrogens is 455 g/mol. The molecule has 1 aliphatic carbocycles. The molecule has 174 valence electrons. The van der Waals surface area contributed by atoms with Gasteiger partial charge in [-0.3, -0.25) is 4.79 Å². The van der Waals surface area contributed by atoms with Crippen LogP contribution in [0.15, 0.2) is 23.8 Å². The monoisotopic (exact) mass is 468 g/mol. The van der Waals surface area contributed by atoms with Crippen LogP contribution in [0.25, 0.3) is 0 Å². The van der Waals surface area contributed by atoms with E-state index in [2.05, 4.69) is 6.58 Å². The average molecular weight is 468 g/mol. The minimum absolute atomic E-state index is 0.177. The van der Waals surface area contributed by atoms with Gasteiger partial charge in [0.15, 0.2) is 5.78 Å². The van der Waals surface area contributed by atoms with E-state index < -0.39 is 65.9 Å². The Morgan fingerprint density at radius 2 is 1.30 bits per heavy atom. The average Bonchev–Trinajstić information content (AvgIpc) is 2.55. The first-order valence-electron chi connectivity index (χ1n) is 7.88. The van der Waals surface area contributed by atoms with Gasteiger partial charge in [-0.2, -0.15) is 57.1 Å². The number of rotatable bonds is 7. The molecule has 0 amide bonds. The minimum Gasteiger partial charge on any atom is -0.295 e. The third kappa shape index (κ3) is 3.93. The summed E-state index contributed by atoms with van der Waals surface area (Å²) in [5, 5.41) is 0. The van der Waals surface area contributed by atoms with Crippen molar-refractivity contribution in [2.24, 2.45) is 5.92 Å². The van der Waals surface area contributed by atoms with E-state index in [-0.39, 0.29) is 12.0 Å². The fourth-order valence-corrected chi connectivity index (χ4v) is 2.55. The van der Waals surface area contributed by atoms with Crippen LogP contribution >= 0.6 is 0 Å². The second kappa shape index (κ2) is 7.43. The van der Waals surface area contributed by atoms with E-state index in [1.54, 1.807) is 0 Å². The Kier molecular flexibility index (Phi) is 6.51. The molecule has 0 radical (unpaired) electrons. The van der Waals surface area contributed by atoms with Gasteiger partial charge >= 0.3 is 35.8 Å². The molecule has 0 aromatic heterocycles. The van der Waals surface area contributed by atoms with Crippen molar-refractivity contribution in [3.05, 3.63) is 23.8 Å². The summed E-state index contributed by atoms with van der Waals surface area (Å²) in [6.07, 6.45) is -9.50. The van der Waals surface area contributed by atoms with Crippen LogP contribution in [0.4, 0.5) is 57.1 Å². The number of hydrogen-bond acceptors (Lipinski definition) is 1. The number of carbonyl (C=O) groups excluding carboxylic acids is 1. The summed E-state index contributed by atoms with van der Waals surface area (Å²) in [4.78, 5) is 11.5. The molecule has 0 aromatic carbocycles. The molecule has 1 rings (SSSR count). The Hall–Kier alpha value is -1.76. The van der Waals surface area contributed by atoms with Crippen molar-refractivity contribution in [2.75, 3.05) is 0 Å². The molecule has 0 saturated carbocycles. The van der Waals surface area contributed by atoms with Crippen molar-refractivity contribution < 1.29 is 61.9 Å². The summed E-state index contributed by atoms with van der Waals surface area (Å²) < 4.78 is 170. The van der Waals surface area contributed by atoms with Gasteiger partial charge in [0.2, 0.25) is 0 Å². The lowest BCUT2D eigenvalue weighted by Crippen LogP contribution is -2.70. The zero-order chi connectivity index (χ0) is 24.1. The maximum absolute atomic E-state index is 13.8. The third-order valence-corrected chi connectivity index (χ3v) is 4.61. The molecule has 14 heteroatoms. The first-order valence-corrected chi connectivity index (χ1v) is 7.88. The molecule has 0 aromatic rings. The molecule has 1 nitrogen and oxygen atoms in total. The highest BCUT2D eigenvalue weighted by atomic mass is 19.4. The quantitative estimate of drug-likeness (QED) is 0.304. The van der Waals surface area contributed by atoms with Crippen LogP contribution in [0.1, 0.15) is 26.2 Å². The summed E-state index contributed by atoms with van der Waals surface area (Å²) in [6, 6.07) is 0. The van der Waals surface area contributed by atoms with E-state index in [0.29, 0.717) is 0 Å². The predicted octanol–water partition coefficient (Wildman–Crippen LogP) is 6.60. The zero-order valence-corrected chi connectivity index (χ0v) is 14.8. The Balaban J connectivity index is 3.26. The SMILES string of the molecule is C=C(CC(F)(F)C(F)(F)C(F)(F)C(F)(F)C(F)(F)C(F)(F)F)C1CC=C(C)C(=O)C1. The Labute approximate surface area is 160 Å². The number of halogens is 13. The number of hydrogen-bond donors (Lipinski definition) is 0. The second-order valence-electron chi connectivity index (χ2n) is 6.78. The topological polar surface area (TPSA) is 17.1 Å². The summed E-state index contributed by atoms with van der Waals surface area (Å²) in [5.74, 6) is -39.0. The lowest BCUT2D eigenvalue weighted by molar-refractivity contribution is -0.439. The molecule has 0 heterocycles. The largest absolute Gasteiger partial charge is 0.460 e. The predicted molar refractivity (Wildman–Crippen MR) is 76.0 cm³/mol. The Bertz CT molecular complexity index is 730. The second-order valence-corrected chi connectivity index (χ2v) is 6.78. The number of carbonyl (C=O) groups is 1. The van der Waals surface area contributed by atoms with E-state index in [1.165, 1.54) is 13.0 Å². The van der Waals surface area contributed by atoms with Crippen LogP contribution in [-0.4, -0.2) is 41.6 Å². The fourth-order valence-electron chi connectivity index (χ4n) is 2.55. The first-order chi connectivity index (χ1) is 13.0. The maximum Gasteiger partial charge on any atom is 0.460 e. The normalized spacial score (nSPS) is 20.3. The maximum atomic E-state index is 13.8. The molecule has 0 bridgehead atoms. The standard InChI is InChI=1S/C16H13F13O/c1-7-3-4-9(5-10(7)30)8(2)6-11(17,18)12(19,20)13(21,22)14(23,24)15(25,26)16(27,28)29/h3,9H,2,4-6H2,1H3. The minimum atomic E-state index is -7.92. The summed E-state index contributed by atoms with van der Waals surface area (Å²) in [7, 11) is 0. The van der Waals surface area contributed by atoms with Crippen molar-refractivity contribution in [3.63, 3.8) is 0 Å². The zero-order valence-electron chi connectivity index (χ0n) is 14.8. The van der Waals surface area contributed by atoms with Gasteiger partial charge in [0, 0.05) is 12.8 Å². The molecule has 1 aliphatic rings. The van der Waals surface area contributed by atoms with Crippen LogP contribution in [0.2, 0.25) is 0 Å². The number of Topliss-reactive ketones (excluding diaryl/α,β-unsaturated/α-hetero) is 1. The summed E-state index contributed by atoms with van der Waals surface area (Å²) >= 11 is 0. The molecule has 0 fully saturated rings. The smallest absolute Gasteiger partial charge is 0.295 e. The van der Waals surface area contributed by atoms with Gasteiger partial charge < -0.3 is 0 Å². The van der Waals surface area contributed by atoms with E-state index in [9.17, 15) is 61.9 Å². The summed E-state index contributed by atoms with van der Waals surface area (Å²) in [6.45, 7) is 4.24. The van der Waals surface area contributed by atoms with Crippen LogP contribution in [0, 0.1) is 5.92 Å². The highest BCUT2D eigenvalue weighted by Crippen LogP contribution is 2.61. The van der Waals surface area contributed by atoms with Gasteiger partial charge in [-0.25, -0.2) is 0 Å². The van der Waals surface area contributed by atoms with E-state index in [1.807, 2.05) is 0 Å². The molecule has 30 heavy (non-hydrogen) atoms. The highest BCUT2D eigenvalue weighted by Gasteiger charge is 2.90. The fraction of sp³-hybridized carbons (Fsp3) is 0.688. The number of ketones is 1. The lowest BCUT2D eigenvalue weighted by atomic mass is 9.81. The number of allylic oxidation sites excluding steroid dienone is 3. The molecular formula is C16H13F13O. The van der Waals surface area contributed by atoms with Crippen LogP contribution < -0.4 is 0 Å². The number of alkyl halides is 13. The third-order valence-electron chi connectivity index (χ3n) is 4.61. The van der Waals surface area contributed by atoms with Gasteiger partial charge in [0.25, 0.3) is 0 Å². The molecule has 1 atom stereocenters. The van der Waals surface area contributed by atoms with Gasteiger partial charge in [-0.15, -0.1) is 0 Å². The van der Waals surface area contributed by atoms with Crippen LogP contribution in [0.5, 0.6) is 0 Å². The molecule has 0 N–H and O–H groups in total. The van der Waals surface area contributed by atoms with Gasteiger partial charge in [-0.05, 0) is 24.8 Å². The molecule has 0 spiro atoms. The van der Waals surface area contributed by atoms with Gasteiger partial charge in [-0.1, -0.05) is 18.2 Å².